The van der Waals surface area contributed by atoms with Gasteiger partial charge in [-0.25, -0.2) is 4.98 Å². The van der Waals surface area contributed by atoms with Gasteiger partial charge in [-0.2, -0.15) is 4.98 Å². The van der Waals surface area contributed by atoms with Gasteiger partial charge in [-0.05, 0) is 18.2 Å². The van der Waals surface area contributed by atoms with Crippen LogP contribution in [0, 0.1) is 0 Å². The molecule has 0 aliphatic rings. The maximum atomic E-state index is 11.8. The summed E-state index contributed by atoms with van der Waals surface area (Å²) in [5, 5.41) is 0. The average molecular weight is 306 g/mol. The van der Waals surface area contributed by atoms with E-state index in [0.717, 1.165) is 10.2 Å². The first-order chi connectivity index (χ1) is 8.66. The molecular weight excluding hydrogens is 298 g/mol. The number of imidazole rings is 1. The molecule has 3 rings (SSSR count). The molecule has 0 aliphatic carbocycles. The first-order valence-corrected chi connectivity index (χ1v) is 5.93. The minimum absolute atomic E-state index is 0.229. The number of nitrogens with one attached hydrogen (secondary N) is 1. The SMILES string of the molecule is Nc1nc2nc[nH]c(=O)c2n1-c1cccc(Br)c1. The zero-order valence-electron chi connectivity index (χ0n) is 9.09. The predicted octanol–water partition coefficient (Wildman–Crippen LogP) is 1.45. The van der Waals surface area contributed by atoms with Crippen LogP contribution in [0.2, 0.25) is 0 Å². The van der Waals surface area contributed by atoms with Crippen molar-refractivity contribution in [3.05, 3.63) is 45.4 Å². The van der Waals surface area contributed by atoms with Crippen LogP contribution in [0.3, 0.4) is 0 Å². The Morgan fingerprint density at radius 3 is 3.00 bits per heavy atom. The van der Waals surface area contributed by atoms with Gasteiger partial charge in [0.15, 0.2) is 11.2 Å². The fourth-order valence-corrected chi connectivity index (χ4v) is 2.20. The number of nitrogen functional groups attached to an aromatic ring is 1. The molecule has 0 fully saturated rings. The molecule has 0 bridgehead atoms. The van der Waals surface area contributed by atoms with Gasteiger partial charge >= 0.3 is 0 Å². The second-order valence-corrected chi connectivity index (χ2v) is 4.60. The maximum Gasteiger partial charge on any atom is 0.277 e. The van der Waals surface area contributed by atoms with Crippen LogP contribution in [0.4, 0.5) is 5.95 Å². The number of nitrogens with zero attached hydrogens (tertiary/aromatic N) is 3. The van der Waals surface area contributed by atoms with Crippen LogP contribution >= 0.6 is 15.9 Å². The van der Waals surface area contributed by atoms with E-state index in [0.29, 0.717) is 11.2 Å². The highest BCUT2D eigenvalue weighted by atomic mass is 79.9. The van der Waals surface area contributed by atoms with Gasteiger partial charge in [-0.15, -0.1) is 0 Å². The summed E-state index contributed by atoms with van der Waals surface area (Å²) in [4.78, 5) is 22.4. The molecule has 0 saturated carbocycles. The number of hydrogen-bond donors (Lipinski definition) is 2. The van der Waals surface area contributed by atoms with E-state index in [4.69, 9.17) is 5.73 Å². The van der Waals surface area contributed by atoms with Crippen LogP contribution in [0.15, 0.2) is 39.9 Å². The lowest BCUT2D eigenvalue weighted by molar-refractivity contribution is 1.08. The Balaban J connectivity index is 2.42. The van der Waals surface area contributed by atoms with E-state index >= 15 is 0 Å². The van der Waals surface area contributed by atoms with Crippen molar-refractivity contribution in [3.8, 4) is 5.69 Å². The van der Waals surface area contributed by atoms with E-state index in [2.05, 4.69) is 30.9 Å². The highest BCUT2D eigenvalue weighted by Crippen LogP contribution is 2.21. The van der Waals surface area contributed by atoms with Gasteiger partial charge in [0.2, 0.25) is 5.95 Å². The second-order valence-electron chi connectivity index (χ2n) is 3.69. The monoisotopic (exact) mass is 305 g/mol. The molecule has 3 aromatic rings. The van der Waals surface area contributed by atoms with Crippen molar-refractivity contribution in [2.24, 2.45) is 0 Å². The van der Waals surface area contributed by atoms with Gasteiger partial charge in [0.1, 0.15) is 0 Å². The van der Waals surface area contributed by atoms with Gasteiger partial charge < -0.3 is 10.7 Å². The molecule has 18 heavy (non-hydrogen) atoms. The van der Waals surface area contributed by atoms with Crippen LogP contribution < -0.4 is 11.3 Å². The summed E-state index contributed by atoms with van der Waals surface area (Å²) in [6.45, 7) is 0. The lowest BCUT2D eigenvalue weighted by Crippen LogP contribution is -2.11. The highest BCUT2D eigenvalue weighted by molar-refractivity contribution is 9.10. The first kappa shape index (κ1) is 11.0. The summed E-state index contributed by atoms with van der Waals surface area (Å²) >= 11 is 3.38. The smallest absolute Gasteiger partial charge is 0.277 e. The Morgan fingerprint density at radius 2 is 2.22 bits per heavy atom. The van der Waals surface area contributed by atoms with Crippen molar-refractivity contribution < 1.29 is 0 Å². The van der Waals surface area contributed by atoms with E-state index in [-0.39, 0.29) is 11.5 Å². The van der Waals surface area contributed by atoms with Crippen molar-refractivity contribution in [3.63, 3.8) is 0 Å². The number of hydrogen-bond acceptors (Lipinski definition) is 4. The normalized spacial score (nSPS) is 10.9. The molecule has 2 aromatic heterocycles. The summed E-state index contributed by atoms with van der Waals surface area (Å²) < 4.78 is 2.47. The molecule has 6 nitrogen and oxygen atoms in total. The third-order valence-electron chi connectivity index (χ3n) is 2.55. The Kier molecular flexibility index (Phi) is 2.41. The summed E-state index contributed by atoms with van der Waals surface area (Å²) in [5.41, 5.74) is 7.00. The standard InChI is InChI=1S/C11H8BrN5O/c12-6-2-1-3-7(4-6)17-8-9(16-11(17)13)14-5-15-10(8)18/h1-5H,(H3,13,14,15,16,18). The van der Waals surface area contributed by atoms with Gasteiger partial charge in [0.25, 0.3) is 5.56 Å². The first-order valence-electron chi connectivity index (χ1n) is 5.14. The molecule has 3 N–H and O–H groups in total. The van der Waals surface area contributed by atoms with E-state index < -0.39 is 0 Å². The Hall–Kier alpha value is -2.15. The number of H-pyrrole nitrogens is 1. The molecule has 90 valence electrons. The van der Waals surface area contributed by atoms with Crippen molar-refractivity contribution in [1.82, 2.24) is 19.5 Å². The fraction of sp³-hybridized carbons (Fsp3) is 0. The third-order valence-corrected chi connectivity index (χ3v) is 3.04. The lowest BCUT2D eigenvalue weighted by atomic mass is 10.3. The minimum atomic E-state index is -0.274. The molecule has 7 heteroatoms. The van der Waals surface area contributed by atoms with Crippen molar-refractivity contribution in [2.45, 2.75) is 0 Å². The summed E-state index contributed by atoms with van der Waals surface area (Å²) in [7, 11) is 0. The second kappa shape index (κ2) is 3.95. The quantitative estimate of drug-likeness (QED) is 0.712. The van der Waals surface area contributed by atoms with Gasteiger partial charge in [-0.1, -0.05) is 22.0 Å². The maximum absolute atomic E-state index is 11.8. The van der Waals surface area contributed by atoms with Crippen molar-refractivity contribution in [1.29, 1.82) is 0 Å². The molecule has 0 spiro atoms. The van der Waals surface area contributed by atoms with E-state index in [1.807, 2.05) is 24.3 Å². The summed E-state index contributed by atoms with van der Waals surface area (Å²) in [6, 6.07) is 7.44. The molecule has 0 unspecified atom stereocenters. The van der Waals surface area contributed by atoms with Crippen LogP contribution in [-0.4, -0.2) is 19.5 Å². The number of rotatable bonds is 1. The molecule has 0 radical (unpaired) electrons. The fourth-order valence-electron chi connectivity index (χ4n) is 1.82. The van der Waals surface area contributed by atoms with Crippen molar-refractivity contribution in [2.75, 3.05) is 5.73 Å². The number of anilines is 1. The van der Waals surface area contributed by atoms with Gasteiger partial charge in [0.05, 0.1) is 12.0 Å². The number of aromatic amines is 1. The number of halogens is 1. The third kappa shape index (κ3) is 1.60. The number of nitrogens with two attached hydrogens (primary N) is 1. The largest absolute Gasteiger partial charge is 0.369 e. The van der Waals surface area contributed by atoms with Crippen LogP contribution in [0.1, 0.15) is 0 Å². The molecule has 1 aromatic carbocycles. The molecule has 0 saturated heterocycles. The highest BCUT2D eigenvalue weighted by Gasteiger charge is 2.13. The average Bonchev–Trinajstić information content (AvgIpc) is 2.67. The zero-order valence-corrected chi connectivity index (χ0v) is 10.7. The molecule has 0 amide bonds. The Morgan fingerprint density at radius 1 is 1.39 bits per heavy atom. The van der Waals surface area contributed by atoms with Gasteiger partial charge in [-0.3, -0.25) is 9.36 Å². The minimum Gasteiger partial charge on any atom is -0.369 e. The molecule has 0 aliphatic heterocycles. The van der Waals surface area contributed by atoms with E-state index in [1.165, 1.54) is 6.33 Å². The predicted molar refractivity (Wildman–Crippen MR) is 71.6 cm³/mol. The Labute approximate surface area is 110 Å². The molecule has 2 heterocycles. The molecule has 0 atom stereocenters. The lowest BCUT2D eigenvalue weighted by Gasteiger charge is -2.05. The van der Waals surface area contributed by atoms with Gasteiger partial charge in [0, 0.05) is 4.47 Å². The van der Waals surface area contributed by atoms with E-state index in [9.17, 15) is 4.79 Å². The summed E-state index contributed by atoms with van der Waals surface area (Å²) in [6.07, 6.45) is 1.31. The Bertz CT molecular complexity index is 791. The number of aromatic nitrogens is 4. The van der Waals surface area contributed by atoms with Crippen LogP contribution in [0.5, 0.6) is 0 Å². The zero-order chi connectivity index (χ0) is 12.7. The summed E-state index contributed by atoms with van der Waals surface area (Å²) in [5.74, 6) is 0.229. The number of benzene rings is 1. The van der Waals surface area contributed by atoms with E-state index in [1.54, 1.807) is 4.57 Å². The topological polar surface area (TPSA) is 89.6 Å². The van der Waals surface area contributed by atoms with Crippen LogP contribution in [-0.2, 0) is 0 Å². The van der Waals surface area contributed by atoms with Crippen LogP contribution in [0.25, 0.3) is 16.9 Å². The number of fused-ring (bicyclic) bond motifs is 1. The van der Waals surface area contributed by atoms with Crippen molar-refractivity contribution >= 4 is 33.0 Å². The molecular formula is C11H8BrN5O.